The van der Waals surface area contributed by atoms with Crippen LogP contribution in [0.5, 0.6) is 5.75 Å². The number of rotatable bonds is 7. The van der Waals surface area contributed by atoms with Crippen LogP contribution in [0.3, 0.4) is 0 Å². The van der Waals surface area contributed by atoms with Gasteiger partial charge in [-0.15, -0.1) is 0 Å². The lowest BCUT2D eigenvalue weighted by Crippen LogP contribution is -2.04. The van der Waals surface area contributed by atoms with Crippen molar-refractivity contribution in [2.75, 3.05) is 6.54 Å². The van der Waals surface area contributed by atoms with Crippen LogP contribution in [-0.4, -0.2) is 11.5 Å². The Morgan fingerprint density at radius 1 is 1.23 bits per heavy atom. The minimum absolute atomic E-state index is 0.0186. The summed E-state index contributed by atoms with van der Waals surface area (Å²) in [7, 11) is 0. The van der Waals surface area contributed by atoms with E-state index in [4.69, 9.17) is 10.5 Å². The molecule has 0 amide bonds. The quantitative estimate of drug-likeness (QED) is 0.629. The van der Waals surface area contributed by atoms with E-state index >= 15 is 0 Å². The summed E-state index contributed by atoms with van der Waals surface area (Å²) in [5, 5.41) is 10.9. The summed E-state index contributed by atoms with van der Waals surface area (Å²) in [5.74, 6) is 0.233. The lowest BCUT2D eigenvalue weighted by molar-refractivity contribution is -0.384. The number of nitrogens with zero attached hydrogens (tertiary/aromatic N) is 1. The predicted octanol–water partition coefficient (Wildman–Crippen LogP) is 3.20. The molecule has 0 saturated heterocycles. The molecule has 6 heteroatoms. The highest BCUT2D eigenvalue weighted by Crippen LogP contribution is 2.26. The second-order valence-corrected chi connectivity index (χ2v) is 4.86. The molecule has 0 aliphatic heterocycles. The first kappa shape index (κ1) is 15.9. The second kappa shape index (κ2) is 7.51. The molecule has 0 aromatic heterocycles. The summed E-state index contributed by atoms with van der Waals surface area (Å²) in [6, 6.07) is 10.6. The van der Waals surface area contributed by atoms with Crippen LogP contribution in [0, 0.1) is 15.9 Å². The first-order valence-corrected chi connectivity index (χ1v) is 6.95. The van der Waals surface area contributed by atoms with E-state index in [-0.39, 0.29) is 18.1 Å². The summed E-state index contributed by atoms with van der Waals surface area (Å²) in [6.45, 7) is 0.692. The minimum Gasteiger partial charge on any atom is -0.489 e. The number of ether oxygens (including phenoxy) is 1. The molecule has 0 spiro atoms. The zero-order valence-corrected chi connectivity index (χ0v) is 12.0. The Hall–Kier alpha value is -2.47. The van der Waals surface area contributed by atoms with E-state index in [9.17, 15) is 14.5 Å². The molecule has 2 aromatic carbocycles. The number of nitro groups is 1. The van der Waals surface area contributed by atoms with Crippen molar-refractivity contribution in [3.8, 4) is 5.75 Å². The highest BCUT2D eigenvalue weighted by molar-refractivity contribution is 5.44. The number of aryl methyl sites for hydroxylation is 1. The van der Waals surface area contributed by atoms with Gasteiger partial charge in [0.1, 0.15) is 18.2 Å². The summed E-state index contributed by atoms with van der Waals surface area (Å²) >= 11 is 0. The summed E-state index contributed by atoms with van der Waals surface area (Å²) in [4.78, 5) is 10.4. The number of hydrogen-bond donors (Lipinski definition) is 1. The van der Waals surface area contributed by atoms with Crippen LogP contribution in [0.4, 0.5) is 10.1 Å². The second-order valence-electron chi connectivity index (χ2n) is 4.86. The molecule has 0 bridgehead atoms. The largest absolute Gasteiger partial charge is 0.489 e. The van der Waals surface area contributed by atoms with Crippen LogP contribution in [0.2, 0.25) is 0 Å². The van der Waals surface area contributed by atoms with Crippen LogP contribution in [0.25, 0.3) is 0 Å². The zero-order valence-electron chi connectivity index (χ0n) is 12.0. The first-order valence-electron chi connectivity index (χ1n) is 6.95. The standard InChI is InChI=1S/C16H17FN2O3/c17-14-5-1-3-12(9-14)11-22-16-7-6-15(19(20)21)10-13(16)4-2-8-18/h1,3,5-7,9-10H,2,4,8,11,18H2. The van der Waals surface area contributed by atoms with Crippen molar-refractivity contribution in [3.05, 3.63) is 69.5 Å². The van der Waals surface area contributed by atoms with E-state index in [0.717, 1.165) is 5.56 Å². The molecule has 2 N–H and O–H groups in total. The van der Waals surface area contributed by atoms with Crippen molar-refractivity contribution >= 4 is 5.69 Å². The summed E-state index contributed by atoms with van der Waals surface area (Å²) < 4.78 is 18.8. The van der Waals surface area contributed by atoms with E-state index in [0.29, 0.717) is 30.7 Å². The molecule has 116 valence electrons. The maximum Gasteiger partial charge on any atom is 0.269 e. The molecule has 5 nitrogen and oxygen atoms in total. The van der Waals surface area contributed by atoms with Crippen molar-refractivity contribution in [3.63, 3.8) is 0 Å². The Morgan fingerprint density at radius 3 is 2.73 bits per heavy atom. The molecule has 0 fully saturated rings. The lowest BCUT2D eigenvalue weighted by atomic mass is 10.1. The van der Waals surface area contributed by atoms with Crippen molar-refractivity contribution in [1.29, 1.82) is 0 Å². The maximum absolute atomic E-state index is 13.1. The highest BCUT2D eigenvalue weighted by Gasteiger charge is 2.12. The van der Waals surface area contributed by atoms with Gasteiger partial charge in [0.05, 0.1) is 4.92 Å². The Labute approximate surface area is 127 Å². The Bertz CT molecular complexity index is 662. The third-order valence-electron chi connectivity index (χ3n) is 3.19. The molecule has 0 atom stereocenters. The first-order chi connectivity index (χ1) is 10.6. The molecule has 0 aliphatic carbocycles. The van der Waals surface area contributed by atoms with E-state index in [2.05, 4.69) is 0 Å². The Kier molecular flexibility index (Phi) is 5.43. The van der Waals surface area contributed by atoms with Gasteiger partial charge >= 0.3 is 0 Å². The fourth-order valence-electron chi connectivity index (χ4n) is 2.10. The average Bonchev–Trinajstić information content (AvgIpc) is 2.51. The molecular formula is C16H17FN2O3. The van der Waals surface area contributed by atoms with Crippen LogP contribution in [0.1, 0.15) is 17.5 Å². The van der Waals surface area contributed by atoms with Crippen LogP contribution in [-0.2, 0) is 13.0 Å². The third-order valence-corrected chi connectivity index (χ3v) is 3.19. The molecule has 0 radical (unpaired) electrons. The summed E-state index contributed by atoms with van der Waals surface area (Å²) in [5.41, 5.74) is 6.94. The topological polar surface area (TPSA) is 78.4 Å². The van der Waals surface area contributed by atoms with Crippen molar-refractivity contribution < 1.29 is 14.1 Å². The predicted molar refractivity (Wildman–Crippen MR) is 81.2 cm³/mol. The molecule has 2 rings (SSSR count). The number of hydrogen-bond acceptors (Lipinski definition) is 4. The molecule has 0 saturated carbocycles. The Balaban J connectivity index is 2.16. The number of halogens is 1. The lowest BCUT2D eigenvalue weighted by Gasteiger charge is -2.11. The van der Waals surface area contributed by atoms with Gasteiger partial charge in [-0.1, -0.05) is 12.1 Å². The minimum atomic E-state index is -0.442. The number of nitrogens with two attached hydrogens (primary N) is 1. The monoisotopic (exact) mass is 304 g/mol. The van der Waals surface area contributed by atoms with Gasteiger partial charge in [0, 0.05) is 17.7 Å². The SMILES string of the molecule is NCCCc1cc([N+](=O)[O-])ccc1OCc1cccc(F)c1. The fourth-order valence-corrected chi connectivity index (χ4v) is 2.10. The van der Waals surface area contributed by atoms with Crippen molar-refractivity contribution in [2.45, 2.75) is 19.4 Å². The van der Waals surface area contributed by atoms with Gasteiger partial charge in [-0.25, -0.2) is 4.39 Å². The summed E-state index contributed by atoms with van der Waals surface area (Å²) in [6.07, 6.45) is 1.30. The Morgan fingerprint density at radius 2 is 2.05 bits per heavy atom. The van der Waals surface area contributed by atoms with Crippen LogP contribution in [0.15, 0.2) is 42.5 Å². The number of non-ortho nitro benzene ring substituents is 1. The molecule has 0 unspecified atom stereocenters. The molecular weight excluding hydrogens is 287 g/mol. The van der Waals surface area contributed by atoms with Crippen molar-refractivity contribution in [1.82, 2.24) is 0 Å². The van der Waals surface area contributed by atoms with Crippen LogP contribution < -0.4 is 10.5 Å². The van der Waals surface area contributed by atoms with E-state index < -0.39 is 4.92 Å². The van der Waals surface area contributed by atoms with Gasteiger partial charge in [0.15, 0.2) is 0 Å². The molecule has 0 aliphatic rings. The van der Waals surface area contributed by atoms with Crippen molar-refractivity contribution in [2.24, 2.45) is 5.73 Å². The average molecular weight is 304 g/mol. The van der Waals surface area contributed by atoms with Gasteiger partial charge < -0.3 is 10.5 Å². The van der Waals surface area contributed by atoms with Gasteiger partial charge in [0.25, 0.3) is 5.69 Å². The number of benzene rings is 2. The fraction of sp³-hybridized carbons (Fsp3) is 0.250. The van der Waals surface area contributed by atoms with E-state index in [1.54, 1.807) is 18.2 Å². The molecule has 22 heavy (non-hydrogen) atoms. The van der Waals surface area contributed by atoms with E-state index in [1.807, 2.05) is 0 Å². The molecule has 0 heterocycles. The van der Waals surface area contributed by atoms with E-state index in [1.165, 1.54) is 24.3 Å². The zero-order chi connectivity index (χ0) is 15.9. The maximum atomic E-state index is 13.1. The normalized spacial score (nSPS) is 10.5. The third kappa shape index (κ3) is 4.26. The smallest absolute Gasteiger partial charge is 0.269 e. The van der Waals surface area contributed by atoms with Gasteiger partial charge in [-0.2, -0.15) is 0 Å². The van der Waals surface area contributed by atoms with Gasteiger partial charge in [-0.3, -0.25) is 10.1 Å². The molecule has 2 aromatic rings. The number of nitro benzene ring substituents is 1. The van der Waals surface area contributed by atoms with Gasteiger partial charge in [-0.05, 0) is 43.1 Å². The highest BCUT2D eigenvalue weighted by atomic mass is 19.1. The van der Waals surface area contributed by atoms with Crippen LogP contribution >= 0.6 is 0 Å². The van der Waals surface area contributed by atoms with Gasteiger partial charge in [0.2, 0.25) is 0 Å².